The van der Waals surface area contributed by atoms with Gasteiger partial charge in [0.05, 0.1) is 11.3 Å². The molecule has 3 aromatic carbocycles. The van der Waals surface area contributed by atoms with Crippen LogP contribution in [0.5, 0.6) is 5.75 Å². The highest BCUT2D eigenvalue weighted by Gasteiger charge is 2.43. The Morgan fingerprint density at radius 2 is 1.24 bits per heavy atom. The Kier molecular flexibility index (Phi) is 8.10. The molecule has 1 atom stereocenters. The lowest BCUT2D eigenvalue weighted by Crippen LogP contribution is -2.24. The van der Waals surface area contributed by atoms with Gasteiger partial charge >= 0.3 is 0 Å². The fourth-order valence-electron chi connectivity index (χ4n) is 7.24. The van der Waals surface area contributed by atoms with Gasteiger partial charge in [0.1, 0.15) is 5.75 Å². The number of amides is 1. The van der Waals surface area contributed by atoms with Crippen molar-refractivity contribution in [2.75, 3.05) is 4.90 Å². The third-order valence-electron chi connectivity index (χ3n) is 9.62. The maximum atomic E-state index is 15.2. The SMILES string of the molecule is CC(C)(C)c1cc(C(=C2C(=O)N(c3ccccc3)C3=CC=CC=CC32)c2c3cccccc-3n(-c3ccccc3)c2=O)cc(C(C)(C)C)c1O. The number of aromatic nitrogens is 1. The average molecular weight is 659 g/mol. The number of phenolic OH excluding ortho intramolecular Hbond substituents is 1. The predicted octanol–water partition coefficient (Wildman–Crippen LogP) is 9.72. The molecule has 250 valence electrons. The number of rotatable bonds is 4. The van der Waals surface area contributed by atoms with Gasteiger partial charge in [-0.05, 0) is 64.9 Å². The van der Waals surface area contributed by atoms with Gasteiger partial charge in [0.15, 0.2) is 0 Å². The average Bonchev–Trinajstić information content (AvgIpc) is 3.26. The Labute approximate surface area is 294 Å². The zero-order valence-electron chi connectivity index (χ0n) is 29.4. The van der Waals surface area contributed by atoms with E-state index in [9.17, 15) is 5.11 Å². The van der Waals surface area contributed by atoms with Crippen molar-refractivity contribution in [3.05, 3.63) is 177 Å². The molecule has 50 heavy (non-hydrogen) atoms. The molecule has 1 saturated heterocycles. The van der Waals surface area contributed by atoms with Crippen molar-refractivity contribution in [2.45, 2.75) is 52.4 Å². The van der Waals surface area contributed by atoms with E-state index in [1.807, 2.05) is 134 Å². The van der Waals surface area contributed by atoms with Crippen molar-refractivity contribution >= 4 is 17.2 Å². The summed E-state index contributed by atoms with van der Waals surface area (Å²) in [5, 5.41) is 11.8. The van der Waals surface area contributed by atoms with Gasteiger partial charge in [-0.25, -0.2) is 0 Å². The molecule has 3 aromatic rings. The van der Waals surface area contributed by atoms with E-state index in [-0.39, 0.29) is 17.2 Å². The summed E-state index contributed by atoms with van der Waals surface area (Å²) in [6.45, 7) is 12.4. The standard InChI is InChI=1S/C45H42N2O3/c1-44(2,3)34-27-29(28-35(41(34)48)45(4,5)6)38(39-32-23-15-9-17-25-36(32)46(42(39)49)30-19-11-7-12-20-30)40-33-24-16-10-18-26-37(33)47(43(40)50)31-21-13-8-14-22-31/h7-28,32,48H,1-6H3. The first-order chi connectivity index (χ1) is 23.9. The van der Waals surface area contributed by atoms with E-state index in [4.69, 9.17) is 0 Å². The molecule has 1 N–H and O–H groups in total. The number of anilines is 1. The maximum absolute atomic E-state index is 15.2. The lowest BCUT2D eigenvalue weighted by Gasteiger charge is -2.29. The van der Waals surface area contributed by atoms with E-state index in [2.05, 4.69) is 41.5 Å². The minimum Gasteiger partial charge on any atom is -0.507 e. The highest BCUT2D eigenvalue weighted by Crippen LogP contribution is 2.48. The second-order valence-electron chi connectivity index (χ2n) is 15.1. The van der Waals surface area contributed by atoms with Crippen LogP contribution in [0.4, 0.5) is 5.69 Å². The van der Waals surface area contributed by atoms with Gasteiger partial charge in [0, 0.05) is 50.8 Å². The van der Waals surface area contributed by atoms with E-state index in [0.717, 1.165) is 45.0 Å². The first-order valence-corrected chi connectivity index (χ1v) is 17.1. The van der Waals surface area contributed by atoms with Gasteiger partial charge in [-0.2, -0.15) is 0 Å². The molecule has 0 radical (unpaired) electrons. The predicted molar refractivity (Wildman–Crippen MR) is 204 cm³/mol. The van der Waals surface area contributed by atoms with Crippen LogP contribution in [0.2, 0.25) is 0 Å². The second-order valence-corrected chi connectivity index (χ2v) is 15.1. The normalized spacial score (nSPS) is 17.2. The van der Waals surface area contributed by atoms with Crippen molar-refractivity contribution in [3.63, 3.8) is 0 Å². The number of allylic oxidation sites excluding steroid dienone is 5. The van der Waals surface area contributed by atoms with Crippen molar-refractivity contribution in [1.82, 2.24) is 4.57 Å². The number of phenols is 1. The van der Waals surface area contributed by atoms with Crippen LogP contribution in [0.25, 0.3) is 22.5 Å². The molecule has 2 heterocycles. The monoisotopic (exact) mass is 658 g/mol. The van der Waals surface area contributed by atoms with Crippen molar-refractivity contribution in [1.29, 1.82) is 0 Å². The number of hydrogen-bond donors (Lipinski definition) is 1. The molecule has 0 spiro atoms. The fourth-order valence-corrected chi connectivity index (χ4v) is 7.24. The van der Waals surface area contributed by atoms with Gasteiger partial charge in [-0.3, -0.25) is 19.1 Å². The number of carbonyl (C=O) groups excluding carboxylic acids is 1. The van der Waals surface area contributed by atoms with Crippen molar-refractivity contribution < 1.29 is 9.90 Å². The molecule has 5 nitrogen and oxygen atoms in total. The molecular formula is C45H42N2O3. The van der Waals surface area contributed by atoms with E-state index in [0.29, 0.717) is 16.7 Å². The quantitative estimate of drug-likeness (QED) is 0.196. The van der Waals surface area contributed by atoms with Crippen LogP contribution in [0.1, 0.15) is 63.8 Å². The van der Waals surface area contributed by atoms with E-state index in [1.54, 1.807) is 9.47 Å². The zero-order valence-corrected chi connectivity index (χ0v) is 29.4. The number of carbonyl (C=O) groups is 1. The minimum atomic E-state index is -0.440. The van der Waals surface area contributed by atoms with Crippen LogP contribution in [-0.4, -0.2) is 15.6 Å². The molecule has 0 aromatic heterocycles. The summed E-state index contributed by atoms with van der Waals surface area (Å²) < 4.78 is 1.75. The van der Waals surface area contributed by atoms with E-state index in [1.165, 1.54) is 0 Å². The van der Waals surface area contributed by atoms with Crippen molar-refractivity contribution in [3.8, 4) is 22.7 Å². The molecule has 0 saturated carbocycles. The summed E-state index contributed by atoms with van der Waals surface area (Å²) in [7, 11) is 0. The first kappa shape index (κ1) is 32.8. The molecule has 7 rings (SSSR count). The summed E-state index contributed by atoms with van der Waals surface area (Å²) >= 11 is 0. The van der Waals surface area contributed by atoms with Gasteiger partial charge in [-0.1, -0.05) is 127 Å². The number of aromatic hydroxyl groups is 1. The van der Waals surface area contributed by atoms with Crippen LogP contribution < -0.4 is 10.5 Å². The Balaban J connectivity index is 1.68. The Hall–Kier alpha value is -5.68. The second kappa shape index (κ2) is 12.3. The number of para-hydroxylation sites is 2. The lowest BCUT2D eigenvalue weighted by molar-refractivity contribution is -0.114. The van der Waals surface area contributed by atoms with E-state index < -0.39 is 16.7 Å². The summed E-state index contributed by atoms with van der Waals surface area (Å²) in [5.41, 5.74) is 6.46. The first-order valence-electron chi connectivity index (χ1n) is 17.1. The summed E-state index contributed by atoms with van der Waals surface area (Å²) in [6, 6.07) is 33.0. The third kappa shape index (κ3) is 5.53. The molecule has 1 amide bonds. The molecule has 5 heteroatoms. The molecule has 4 aliphatic rings. The van der Waals surface area contributed by atoms with Crippen LogP contribution >= 0.6 is 0 Å². The van der Waals surface area contributed by atoms with E-state index >= 15 is 9.59 Å². The number of benzene rings is 3. The Bertz CT molecular complexity index is 2240. The molecule has 1 unspecified atom stereocenters. The van der Waals surface area contributed by atoms with Gasteiger partial charge in [0.25, 0.3) is 11.5 Å². The van der Waals surface area contributed by atoms with Crippen molar-refractivity contribution in [2.24, 2.45) is 5.92 Å². The molecule has 2 aliphatic carbocycles. The minimum absolute atomic E-state index is 0.189. The smallest absolute Gasteiger partial charge is 0.264 e. The fraction of sp³-hybridized carbons (Fsp3) is 0.200. The molecular weight excluding hydrogens is 617 g/mol. The van der Waals surface area contributed by atoms with Gasteiger partial charge < -0.3 is 5.11 Å². The van der Waals surface area contributed by atoms with Gasteiger partial charge in [0.2, 0.25) is 0 Å². The molecule has 2 aliphatic heterocycles. The summed E-state index contributed by atoms with van der Waals surface area (Å²) in [5.74, 6) is -0.392. The number of nitrogens with zero attached hydrogens (tertiary/aromatic N) is 2. The highest BCUT2D eigenvalue weighted by atomic mass is 16.3. The lowest BCUT2D eigenvalue weighted by atomic mass is 9.76. The van der Waals surface area contributed by atoms with Crippen LogP contribution in [0.3, 0.4) is 0 Å². The Morgan fingerprint density at radius 3 is 1.84 bits per heavy atom. The number of fused-ring (bicyclic) bond motifs is 2. The topological polar surface area (TPSA) is 62.5 Å². The van der Waals surface area contributed by atoms with Crippen LogP contribution in [0.15, 0.2) is 150 Å². The third-order valence-corrected chi connectivity index (χ3v) is 9.62. The summed E-state index contributed by atoms with van der Waals surface area (Å²) in [6.07, 6.45) is 9.92. The maximum Gasteiger partial charge on any atom is 0.264 e. The molecule has 1 fully saturated rings. The molecule has 0 bridgehead atoms. The largest absolute Gasteiger partial charge is 0.507 e. The summed E-state index contributed by atoms with van der Waals surface area (Å²) in [4.78, 5) is 32.2. The highest BCUT2D eigenvalue weighted by molar-refractivity contribution is 6.19. The van der Waals surface area contributed by atoms with Crippen LogP contribution in [0, 0.1) is 5.92 Å². The number of hydrogen-bond acceptors (Lipinski definition) is 3. The Morgan fingerprint density at radius 1 is 0.680 bits per heavy atom. The van der Waals surface area contributed by atoms with Gasteiger partial charge in [-0.15, -0.1) is 0 Å². The van der Waals surface area contributed by atoms with Crippen LogP contribution in [-0.2, 0) is 15.6 Å². The zero-order chi connectivity index (χ0) is 35.4.